The van der Waals surface area contributed by atoms with Crippen molar-refractivity contribution in [2.45, 2.75) is 39.1 Å². The smallest absolute Gasteiger partial charge is 0.244 e. The van der Waals surface area contributed by atoms with E-state index in [0.717, 1.165) is 41.9 Å². The van der Waals surface area contributed by atoms with E-state index in [9.17, 15) is 8.42 Å². The number of benzene rings is 2. The van der Waals surface area contributed by atoms with Gasteiger partial charge in [0.25, 0.3) is 0 Å². The van der Waals surface area contributed by atoms with Crippen molar-refractivity contribution in [3.05, 3.63) is 63.7 Å². The third kappa shape index (κ3) is 3.97. The van der Waals surface area contributed by atoms with E-state index < -0.39 is 10.0 Å². The third-order valence-electron chi connectivity index (χ3n) is 5.86. The Morgan fingerprint density at radius 1 is 1.00 bits per heavy atom. The van der Waals surface area contributed by atoms with Gasteiger partial charge in [0, 0.05) is 5.56 Å². The van der Waals surface area contributed by atoms with Crippen LogP contribution in [-0.4, -0.2) is 38.9 Å². The van der Waals surface area contributed by atoms with Crippen LogP contribution in [0.1, 0.15) is 33.4 Å². The number of nitrogens with one attached hydrogen (secondary N) is 1. The molecule has 2 aromatic rings. The quantitative estimate of drug-likeness (QED) is 0.855. The molecule has 6 heteroatoms. The fourth-order valence-electron chi connectivity index (χ4n) is 3.90. The highest BCUT2D eigenvalue weighted by Gasteiger charge is 2.33. The summed E-state index contributed by atoms with van der Waals surface area (Å²) in [6, 6.07) is 11.8. The van der Waals surface area contributed by atoms with Crippen LogP contribution >= 0.6 is 0 Å². The standard InChI is InChI=1S/C22H27N3O2S/c1-16-13-17(2)19(4)22(18(16)3)28(26,27)25-11-9-24(10-12-25)15-21-7-5-20(14-23)6-8-21/h5-8,13H,9-12,15H2,1-4H3/p+1. The molecule has 0 unspecified atom stereocenters. The largest absolute Gasteiger partial charge is 0.329 e. The molecular weight excluding hydrogens is 370 g/mol. The van der Waals surface area contributed by atoms with Gasteiger partial charge in [-0.1, -0.05) is 18.2 Å². The van der Waals surface area contributed by atoms with Gasteiger partial charge in [0.1, 0.15) is 6.54 Å². The Morgan fingerprint density at radius 3 is 2.04 bits per heavy atom. The number of hydrogen-bond acceptors (Lipinski definition) is 3. The second-order valence-corrected chi connectivity index (χ2v) is 9.60. The zero-order valence-electron chi connectivity index (χ0n) is 17.0. The Labute approximate surface area is 168 Å². The van der Waals surface area contributed by atoms with E-state index in [1.54, 1.807) is 4.31 Å². The van der Waals surface area contributed by atoms with E-state index in [0.29, 0.717) is 23.5 Å². The summed E-state index contributed by atoms with van der Waals surface area (Å²) in [5.74, 6) is 0. The summed E-state index contributed by atoms with van der Waals surface area (Å²) in [5, 5.41) is 8.90. The number of hydrogen-bond donors (Lipinski definition) is 1. The van der Waals surface area contributed by atoms with Gasteiger partial charge in [-0.3, -0.25) is 0 Å². The van der Waals surface area contributed by atoms with Crippen molar-refractivity contribution in [2.75, 3.05) is 26.2 Å². The average molecular weight is 399 g/mol. The van der Waals surface area contributed by atoms with Crippen LogP contribution in [0.5, 0.6) is 0 Å². The second kappa shape index (κ2) is 8.04. The topological polar surface area (TPSA) is 65.6 Å². The first-order valence-corrected chi connectivity index (χ1v) is 11.1. The molecule has 0 spiro atoms. The van der Waals surface area contributed by atoms with Crippen molar-refractivity contribution in [2.24, 2.45) is 0 Å². The van der Waals surface area contributed by atoms with Crippen molar-refractivity contribution in [1.29, 1.82) is 5.26 Å². The van der Waals surface area contributed by atoms with Gasteiger partial charge < -0.3 is 4.90 Å². The number of nitrogens with zero attached hydrogens (tertiary/aromatic N) is 2. The summed E-state index contributed by atoms with van der Waals surface area (Å²) in [4.78, 5) is 1.85. The highest BCUT2D eigenvalue weighted by Crippen LogP contribution is 2.28. The fourth-order valence-corrected chi connectivity index (χ4v) is 5.92. The Kier molecular flexibility index (Phi) is 5.90. The Hall–Kier alpha value is -2.20. The minimum absolute atomic E-state index is 0.487. The molecule has 0 aromatic heterocycles. The number of piperazine rings is 1. The molecule has 0 aliphatic carbocycles. The molecule has 3 rings (SSSR count). The van der Waals surface area contributed by atoms with Crippen LogP contribution in [0, 0.1) is 39.0 Å². The number of nitriles is 1. The van der Waals surface area contributed by atoms with Gasteiger partial charge in [-0.15, -0.1) is 0 Å². The lowest BCUT2D eigenvalue weighted by Crippen LogP contribution is -3.13. The van der Waals surface area contributed by atoms with E-state index >= 15 is 0 Å². The van der Waals surface area contributed by atoms with E-state index in [-0.39, 0.29) is 0 Å². The molecule has 0 saturated carbocycles. The summed E-state index contributed by atoms with van der Waals surface area (Å²) < 4.78 is 28.4. The molecule has 0 atom stereocenters. The summed E-state index contributed by atoms with van der Waals surface area (Å²) in [5.41, 5.74) is 5.59. The van der Waals surface area contributed by atoms with Gasteiger partial charge in [-0.05, 0) is 62.1 Å². The molecule has 1 N–H and O–H groups in total. The summed E-state index contributed by atoms with van der Waals surface area (Å²) in [7, 11) is -3.49. The van der Waals surface area contributed by atoms with Crippen LogP contribution in [0.3, 0.4) is 0 Å². The number of rotatable bonds is 4. The molecule has 1 heterocycles. The van der Waals surface area contributed by atoms with Crippen LogP contribution in [0.25, 0.3) is 0 Å². The summed E-state index contributed by atoms with van der Waals surface area (Å²) >= 11 is 0. The monoisotopic (exact) mass is 398 g/mol. The van der Waals surface area contributed by atoms with Gasteiger partial charge in [-0.25, -0.2) is 8.42 Å². The van der Waals surface area contributed by atoms with Crippen molar-refractivity contribution in [1.82, 2.24) is 4.31 Å². The molecule has 0 bridgehead atoms. The lowest BCUT2D eigenvalue weighted by molar-refractivity contribution is -0.917. The number of quaternary nitrogens is 1. The maximum atomic E-state index is 13.4. The van der Waals surface area contributed by atoms with Crippen LogP contribution < -0.4 is 4.90 Å². The molecule has 5 nitrogen and oxygen atoms in total. The SMILES string of the molecule is Cc1cc(C)c(C)c(S(=O)(=O)N2CC[NH+](Cc3ccc(C#N)cc3)CC2)c1C. The zero-order chi connectivity index (χ0) is 20.5. The first-order valence-electron chi connectivity index (χ1n) is 9.64. The highest BCUT2D eigenvalue weighted by molar-refractivity contribution is 7.89. The normalized spacial score (nSPS) is 16.1. The van der Waals surface area contributed by atoms with E-state index in [4.69, 9.17) is 5.26 Å². The Balaban J connectivity index is 1.73. The molecule has 1 aliphatic rings. The van der Waals surface area contributed by atoms with Crippen molar-refractivity contribution < 1.29 is 13.3 Å². The molecule has 148 valence electrons. The Bertz CT molecular complexity index is 987. The molecule has 1 aliphatic heterocycles. The maximum Gasteiger partial charge on any atom is 0.244 e. The second-order valence-electron chi connectivity index (χ2n) is 7.73. The summed E-state index contributed by atoms with van der Waals surface area (Å²) in [6.07, 6.45) is 0. The van der Waals surface area contributed by atoms with Crippen molar-refractivity contribution >= 4 is 10.0 Å². The summed E-state index contributed by atoms with van der Waals surface area (Å²) in [6.45, 7) is 11.2. The molecule has 28 heavy (non-hydrogen) atoms. The molecular formula is C22H28N3O2S+. The predicted molar refractivity (Wildman–Crippen MR) is 110 cm³/mol. The first-order chi connectivity index (χ1) is 13.2. The van der Waals surface area contributed by atoms with Gasteiger partial charge in [0.05, 0.1) is 42.7 Å². The van der Waals surface area contributed by atoms with E-state index in [1.165, 1.54) is 10.5 Å². The van der Waals surface area contributed by atoms with E-state index in [1.807, 2.05) is 52.0 Å². The van der Waals surface area contributed by atoms with Crippen LogP contribution in [0.2, 0.25) is 0 Å². The molecule has 0 radical (unpaired) electrons. The number of aryl methyl sites for hydroxylation is 2. The molecule has 1 fully saturated rings. The van der Waals surface area contributed by atoms with Crippen molar-refractivity contribution in [3.8, 4) is 6.07 Å². The van der Waals surface area contributed by atoms with Crippen LogP contribution in [-0.2, 0) is 16.6 Å². The predicted octanol–water partition coefficient (Wildman–Crippen LogP) is 1.88. The van der Waals surface area contributed by atoms with Crippen LogP contribution in [0.4, 0.5) is 0 Å². The van der Waals surface area contributed by atoms with Gasteiger partial charge >= 0.3 is 0 Å². The van der Waals surface area contributed by atoms with E-state index in [2.05, 4.69) is 12.1 Å². The third-order valence-corrected chi connectivity index (χ3v) is 8.04. The molecule has 0 amide bonds. The lowest BCUT2D eigenvalue weighted by Gasteiger charge is -2.32. The number of sulfonamides is 1. The van der Waals surface area contributed by atoms with Gasteiger partial charge in [0.2, 0.25) is 10.0 Å². The molecule has 1 saturated heterocycles. The highest BCUT2D eigenvalue weighted by atomic mass is 32.2. The average Bonchev–Trinajstić information content (AvgIpc) is 2.67. The minimum Gasteiger partial charge on any atom is -0.329 e. The molecule has 2 aromatic carbocycles. The maximum absolute atomic E-state index is 13.4. The van der Waals surface area contributed by atoms with Crippen molar-refractivity contribution in [3.63, 3.8) is 0 Å². The van der Waals surface area contributed by atoms with Gasteiger partial charge in [0.15, 0.2) is 0 Å². The van der Waals surface area contributed by atoms with Crippen LogP contribution in [0.15, 0.2) is 35.2 Å². The Morgan fingerprint density at radius 2 is 1.54 bits per heavy atom. The zero-order valence-corrected chi connectivity index (χ0v) is 17.9. The van der Waals surface area contributed by atoms with Gasteiger partial charge in [-0.2, -0.15) is 9.57 Å². The minimum atomic E-state index is -3.49. The first kappa shape index (κ1) is 20.5. The fraction of sp³-hybridized carbons (Fsp3) is 0.409. The lowest BCUT2D eigenvalue weighted by atomic mass is 10.0.